The highest BCUT2D eigenvalue weighted by Crippen LogP contribution is 2.48. The SMILES string of the molecule is CC(C)N1C[C@]2(C)CNC[C@@]2(C)C1. The van der Waals surface area contributed by atoms with Crippen LogP contribution < -0.4 is 5.32 Å². The van der Waals surface area contributed by atoms with E-state index in [1.54, 1.807) is 0 Å². The zero-order valence-corrected chi connectivity index (χ0v) is 9.35. The molecule has 0 unspecified atom stereocenters. The van der Waals surface area contributed by atoms with Crippen LogP contribution in [0.4, 0.5) is 0 Å². The Bertz CT molecular complexity index is 196. The van der Waals surface area contributed by atoms with Crippen molar-refractivity contribution >= 4 is 0 Å². The van der Waals surface area contributed by atoms with Crippen LogP contribution in [-0.2, 0) is 0 Å². The number of hydrogen-bond acceptors (Lipinski definition) is 2. The molecule has 0 aromatic carbocycles. The van der Waals surface area contributed by atoms with Gasteiger partial charge in [-0.15, -0.1) is 0 Å². The molecule has 0 aliphatic carbocycles. The molecule has 2 saturated heterocycles. The number of nitrogens with zero attached hydrogens (tertiary/aromatic N) is 1. The summed E-state index contributed by atoms with van der Waals surface area (Å²) in [4.78, 5) is 2.63. The van der Waals surface area contributed by atoms with Gasteiger partial charge in [0, 0.05) is 43.1 Å². The molecule has 76 valence electrons. The Labute approximate surface area is 81.7 Å². The highest BCUT2D eigenvalue weighted by molar-refractivity contribution is 5.08. The van der Waals surface area contributed by atoms with E-state index in [1.807, 2.05) is 0 Å². The lowest BCUT2D eigenvalue weighted by Crippen LogP contribution is -2.34. The Hall–Kier alpha value is -0.0800. The molecule has 0 saturated carbocycles. The molecule has 0 amide bonds. The van der Waals surface area contributed by atoms with E-state index in [0.717, 1.165) is 0 Å². The van der Waals surface area contributed by atoms with Crippen LogP contribution in [0.1, 0.15) is 27.7 Å². The topological polar surface area (TPSA) is 15.3 Å². The van der Waals surface area contributed by atoms with Crippen LogP contribution in [0.25, 0.3) is 0 Å². The monoisotopic (exact) mass is 182 g/mol. The molecule has 2 fully saturated rings. The minimum atomic E-state index is 0.511. The van der Waals surface area contributed by atoms with Gasteiger partial charge in [-0.25, -0.2) is 0 Å². The first kappa shape index (κ1) is 9.47. The molecular formula is C11H22N2. The molecule has 2 aliphatic heterocycles. The van der Waals surface area contributed by atoms with E-state index in [-0.39, 0.29) is 0 Å². The summed E-state index contributed by atoms with van der Waals surface area (Å²) in [5, 5.41) is 3.54. The summed E-state index contributed by atoms with van der Waals surface area (Å²) < 4.78 is 0. The molecule has 2 atom stereocenters. The highest BCUT2D eigenvalue weighted by atomic mass is 15.2. The number of hydrogen-bond donors (Lipinski definition) is 1. The predicted octanol–water partition coefficient (Wildman–Crippen LogP) is 1.33. The van der Waals surface area contributed by atoms with E-state index >= 15 is 0 Å². The van der Waals surface area contributed by atoms with Crippen LogP contribution in [0.5, 0.6) is 0 Å². The first-order valence-corrected chi connectivity index (χ1v) is 5.42. The second-order valence-corrected chi connectivity index (χ2v) is 5.72. The Morgan fingerprint density at radius 3 is 1.92 bits per heavy atom. The molecule has 1 N–H and O–H groups in total. The fourth-order valence-corrected chi connectivity index (χ4v) is 2.85. The van der Waals surface area contributed by atoms with Crippen molar-refractivity contribution in [2.45, 2.75) is 33.7 Å². The molecule has 0 aromatic rings. The second kappa shape index (κ2) is 2.71. The largest absolute Gasteiger partial charge is 0.316 e. The van der Waals surface area contributed by atoms with Gasteiger partial charge >= 0.3 is 0 Å². The van der Waals surface area contributed by atoms with E-state index in [4.69, 9.17) is 0 Å². The van der Waals surface area contributed by atoms with Crippen LogP contribution in [0.2, 0.25) is 0 Å². The third-order valence-electron chi connectivity index (χ3n) is 4.32. The lowest BCUT2D eigenvalue weighted by atomic mass is 9.71. The van der Waals surface area contributed by atoms with Crippen LogP contribution in [0.3, 0.4) is 0 Å². The minimum Gasteiger partial charge on any atom is -0.316 e. The van der Waals surface area contributed by atoms with Crippen molar-refractivity contribution in [2.24, 2.45) is 10.8 Å². The number of likely N-dealkylation sites (tertiary alicyclic amines) is 1. The van der Waals surface area contributed by atoms with Gasteiger partial charge in [0.25, 0.3) is 0 Å². The van der Waals surface area contributed by atoms with Gasteiger partial charge in [0.1, 0.15) is 0 Å². The van der Waals surface area contributed by atoms with Gasteiger partial charge in [-0.05, 0) is 13.8 Å². The molecule has 0 spiro atoms. The summed E-state index contributed by atoms with van der Waals surface area (Å²) in [7, 11) is 0. The maximum absolute atomic E-state index is 3.54. The molecule has 2 rings (SSSR count). The van der Waals surface area contributed by atoms with Crippen LogP contribution in [-0.4, -0.2) is 37.1 Å². The van der Waals surface area contributed by atoms with E-state index in [0.29, 0.717) is 16.9 Å². The molecule has 13 heavy (non-hydrogen) atoms. The number of rotatable bonds is 1. The second-order valence-electron chi connectivity index (χ2n) is 5.72. The lowest BCUT2D eigenvalue weighted by Gasteiger charge is -2.31. The summed E-state index contributed by atoms with van der Waals surface area (Å²) in [5.41, 5.74) is 1.02. The first-order chi connectivity index (χ1) is 5.97. The Kier molecular flexibility index (Phi) is 1.97. The number of nitrogens with one attached hydrogen (secondary N) is 1. The van der Waals surface area contributed by atoms with E-state index in [2.05, 4.69) is 37.9 Å². The average molecular weight is 182 g/mol. The molecule has 2 aliphatic rings. The fourth-order valence-electron chi connectivity index (χ4n) is 2.85. The zero-order valence-electron chi connectivity index (χ0n) is 9.35. The van der Waals surface area contributed by atoms with Gasteiger partial charge in [-0.1, -0.05) is 13.8 Å². The summed E-state index contributed by atoms with van der Waals surface area (Å²) in [5.74, 6) is 0. The molecule has 0 bridgehead atoms. The quantitative estimate of drug-likeness (QED) is 0.658. The summed E-state index contributed by atoms with van der Waals surface area (Å²) in [6.07, 6.45) is 0. The summed E-state index contributed by atoms with van der Waals surface area (Å²) in [6, 6.07) is 0.708. The third-order valence-corrected chi connectivity index (χ3v) is 4.32. The van der Waals surface area contributed by atoms with Gasteiger partial charge in [-0.2, -0.15) is 0 Å². The van der Waals surface area contributed by atoms with Crippen molar-refractivity contribution in [3.05, 3.63) is 0 Å². The standard InChI is InChI=1S/C11H22N2/c1-9(2)13-7-10(3)5-12-6-11(10,4)8-13/h9,12H,5-8H2,1-4H3/t10-,11-/m0/s1. The van der Waals surface area contributed by atoms with Gasteiger partial charge < -0.3 is 5.32 Å². The Balaban J connectivity index is 2.18. The van der Waals surface area contributed by atoms with Crippen molar-refractivity contribution < 1.29 is 0 Å². The van der Waals surface area contributed by atoms with Gasteiger partial charge in [0.05, 0.1) is 0 Å². The Morgan fingerprint density at radius 2 is 1.54 bits per heavy atom. The van der Waals surface area contributed by atoms with Crippen molar-refractivity contribution in [3.8, 4) is 0 Å². The summed E-state index contributed by atoms with van der Waals surface area (Å²) in [6.45, 7) is 14.4. The first-order valence-electron chi connectivity index (χ1n) is 5.42. The molecule has 0 radical (unpaired) electrons. The van der Waals surface area contributed by atoms with E-state index < -0.39 is 0 Å². The van der Waals surface area contributed by atoms with Crippen molar-refractivity contribution in [1.82, 2.24) is 10.2 Å². The Morgan fingerprint density at radius 1 is 1.08 bits per heavy atom. The minimum absolute atomic E-state index is 0.511. The number of fused-ring (bicyclic) bond motifs is 1. The average Bonchev–Trinajstić information content (AvgIpc) is 2.38. The fraction of sp³-hybridized carbons (Fsp3) is 1.00. The van der Waals surface area contributed by atoms with Gasteiger partial charge in [-0.3, -0.25) is 4.90 Å². The van der Waals surface area contributed by atoms with Gasteiger partial charge in [0.2, 0.25) is 0 Å². The molecule has 2 nitrogen and oxygen atoms in total. The van der Waals surface area contributed by atoms with Crippen molar-refractivity contribution in [3.63, 3.8) is 0 Å². The van der Waals surface area contributed by atoms with Crippen LogP contribution >= 0.6 is 0 Å². The highest BCUT2D eigenvalue weighted by Gasteiger charge is 2.54. The zero-order chi connectivity index (χ0) is 9.69. The maximum atomic E-state index is 3.54. The van der Waals surface area contributed by atoms with Crippen LogP contribution in [0.15, 0.2) is 0 Å². The van der Waals surface area contributed by atoms with E-state index in [9.17, 15) is 0 Å². The predicted molar refractivity (Wildman–Crippen MR) is 55.8 cm³/mol. The smallest absolute Gasteiger partial charge is 0.00566 e. The van der Waals surface area contributed by atoms with E-state index in [1.165, 1.54) is 26.2 Å². The van der Waals surface area contributed by atoms with Crippen molar-refractivity contribution in [1.29, 1.82) is 0 Å². The van der Waals surface area contributed by atoms with Crippen LogP contribution in [0, 0.1) is 10.8 Å². The van der Waals surface area contributed by atoms with Crippen molar-refractivity contribution in [2.75, 3.05) is 26.2 Å². The normalized spacial score (nSPS) is 45.9. The molecule has 2 heterocycles. The molecule has 2 heteroatoms. The maximum Gasteiger partial charge on any atom is 0.00566 e. The molecule has 0 aromatic heterocycles. The molecular weight excluding hydrogens is 160 g/mol. The lowest BCUT2D eigenvalue weighted by molar-refractivity contribution is 0.212. The van der Waals surface area contributed by atoms with Gasteiger partial charge in [0.15, 0.2) is 0 Å². The summed E-state index contributed by atoms with van der Waals surface area (Å²) >= 11 is 0. The third kappa shape index (κ3) is 1.23.